The highest BCUT2D eigenvalue weighted by molar-refractivity contribution is 5.95. The van der Waals surface area contributed by atoms with E-state index in [1.54, 1.807) is 0 Å². The number of carbonyl (C=O) groups is 5. The molecule has 0 bridgehead atoms. The number of hydrogen-bond donors (Lipinski definition) is 4. The van der Waals surface area contributed by atoms with E-state index in [0.717, 1.165) is 5.56 Å². The topological polar surface area (TPSA) is 146 Å². The second-order valence-corrected chi connectivity index (χ2v) is 10.1. The predicted molar refractivity (Wildman–Crippen MR) is 142 cm³/mol. The molecule has 1 heterocycles. The van der Waals surface area contributed by atoms with Gasteiger partial charge in [-0.2, -0.15) is 0 Å². The van der Waals surface area contributed by atoms with Gasteiger partial charge in [-0.1, -0.05) is 51.1 Å². The van der Waals surface area contributed by atoms with Gasteiger partial charge in [0.1, 0.15) is 24.7 Å². The van der Waals surface area contributed by atoms with Crippen molar-refractivity contribution in [1.82, 2.24) is 26.2 Å². The maximum Gasteiger partial charge on any atom is 0.249 e. The van der Waals surface area contributed by atoms with Gasteiger partial charge in [0.15, 0.2) is 0 Å². The van der Waals surface area contributed by atoms with Crippen LogP contribution in [0.1, 0.15) is 46.1 Å². The van der Waals surface area contributed by atoms with E-state index in [4.69, 9.17) is 4.74 Å². The molecule has 0 unspecified atom stereocenters. The molecular formula is C27H41N5O6. The Hall–Kier alpha value is -3.47. The van der Waals surface area contributed by atoms with E-state index in [2.05, 4.69) is 21.3 Å². The first-order chi connectivity index (χ1) is 18.0. The molecule has 0 spiro atoms. The summed E-state index contributed by atoms with van der Waals surface area (Å²) in [6.45, 7) is 6.71. The zero-order valence-electron chi connectivity index (χ0n) is 22.9. The monoisotopic (exact) mass is 531 g/mol. The van der Waals surface area contributed by atoms with Gasteiger partial charge in [-0.3, -0.25) is 24.0 Å². The van der Waals surface area contributed by atoms with Crippen LogP contribution in [0.15, 0.2) is 30.3 Å². The summed E-state index contributed by atoms with van der Waals surface area (Å²) in [6, 6.07) is 6.04. The summed E-state index contributed by atoms with van der Waals surface area (Å²) in [5.74, 6) is -2.34. The van der Waals surface area contributed by atoms with E-state index in [-0.39, 0.29) is 32.0 Å². The molecule has 210 valence electrons. The molecule has 4 N–H and O–H groups in total. The Balaban J connectivity index is 2.44. The lowest BCUT2D eigenvalue weighted by atomic mass is 10.0. The quantitative estimate of drug-likeness (QED) is 0.394. The lowest BCUT2D eigenvalue weighted by molar-refractivity contribution is -0.140. The third-order valence-electron chi connectivity index (χ3n) is 6.26. The Morgan fingerprint density at radius 1 is 0.974 bits per heavy atom. The molecule has 38 heavy (non-hydrogen) atoms. The number of benzene rings is 1. The zero-order chi connectivity index (χ0) is 28.2. The molecule has 11 heteroatoms. The molecule has 1 fully saturated rings. The van der Waals surface area contributed by atoms with Gasteiger partial charge in [0.25, 0.3) is 0 Å². The van der Waals surface area contributed by atoms with E-state index in [1.807, 2.05) is 51.1 Å². The highest BCUT2D eigenvalue weighted by Crippen LogP contribution is 2.10. The molecule has 2 rings (SSSR count). The van der Waals surface area contributed by atoms with Crippen LogP contribution in [0.25, 0.3) is 0 Å². The number of rotatable bonds is 7. The first-order valence-electron chi connectivity index (χ1n) is 13.0. The fourth-order valence-electron chi connectivity index (χ4n) is 4.17. The van der Waals surface area contributed by atoms with E-state index < -0.39 is 53.7 Å². The van der Waals surface area contributed by atoms with Gasteiger partial charge in [0.05, 0.1) is 6.54 Å². The van der Waals surface area contributed by atoms with Crippen molar-refractivity contribution < 1.29 is 28.7 Å². The first-order valence-corrected chi connectivity index (χ1v) is 13.0. The maximum atomic E-state index is 13.5. The van der Waals surface area contributed by atoms with Crippen molar-refractivity contribution in [2.24, 2.45) is 5.92 Å². The molecule has 4 atom stereocenters. The van der Waals surface area contributed by atoms with Gasteiger partial charge >= 0.3 is 0 Å². The largest absolute Gasteiger partial charge is 0.375 e. The lowest BCUT2D eigenvalue weighted by Gasteiger charge is -2.29. The lowest BCUT2D eigenvalue weighted by Crippen LogP contribution is -2.57. The fourth-order valence-corrected chi connectivity index (χ4v) is 4.17. The number of amides is 5. The molecule has 0 radical (unpaired) electrons. The van der Waals surface area contributed by atoms with Gasteiger partial charge in [-0.25, -0.2) is 0 Å². The SMILES string of the molecule is CC[C@H]1CN(C(=O)COC)CC(=O)N[C@H](C)C(=O)N[C@@H](CC(C)C)C(=O)N[C@@H](Cc2ccccc2)C(=O)N1. The summed E-state index contributed by atoms with van der Waals surface area (Å²) in [5.41, 5.74) is 0.851. The maximum absolute atomic E-state index is 13.5. The Labute approximate surface area is 224 Å². The van der Waals surface area contributed by atoms with Crippen molar-refractivity contribution in [1.29, 1.82) is 0 Å². The molecule has 1 aliphatic heterocycles. The van der Waals surface area contributed by atoms with Gasteiger partial charge < -0.3 is 30.9 Å². The van der Waals surface area contributed by atoms with Crippen LogP contribution in [0, 0.1) is 5.92 Å². The smallest absolute Gasteiger partial charge is 0.249 e. The summed E-state index contributed by atoms with van der Waals surface area (Å²) in [4.78, 5) is 66.5. The Kier molecular flexibility index (Phi) is 12.2. The highest BCUT2D eigenvalue weighted by Gasteiger charge is 2.31. The molecule has 1 aromatic carbocycles. The van der Waals surface area contributed by atoms with Gasteiger partial charge in [-0.05, 0) is 31.2 Å². The molecule has 1 aromatic rings. The van der Waals surface area contributed by atoms with Crippen molar-refractivity contribution in [2.75, 3.05) is 26.8 Å². The number of nitrogens with zero attached hydrogens (tertiary/aromatic N) is 1. The molecule has 0 saturated carbocycles. The highest BCUT2D eigenvalue weighted by atomic mass is 16.5. The van der Waals surface area contributed by atoms with E-state index in [0.29, 0.717) is 12.8 Å². The fraction of sp³-hybridized carbons (Fsp3) is 0.593. The first kappa shape index (κ1) is 30.8. The number of methoxy groups -OCH3 is 1. The van der Waals surface area contributed by atoms with E-state index >= 15 is 0 Å². The minimum atomic E-state index is -0.948. The molecule has 0 aromatic heterocycles. The standard InChI is InChI=1S/C27H41N5O6/c1-6-20-14-32(24(34)16-38-5)15-23(33)28-18(4)25(35)30-21(12-17(2)3)27(37)31-22(26(36)29-20)13-19-10-8-7-9-11-19/h7-11,17-18,20-22H,6,12-16H2,1-5H3,(H,28,33)(H,29,36)(H,30,35)(H,31,37)/t18-,20+,21+,22+/m1/s1. The van der Waals surface area contributed by atoms with Gasteiger partial charge in [-0.15, -0.1) is 0 Å². The number of nitrogens with one attached hydrogen (secondary N) is 4. The Morgan fingerprint density at radius 3 is 2.21 bits per heavy atom. The summed E-state index contributed by atoms with van der Waals surface area (Å²) in [5, 5.41) is 11.1. The van der Waals surface area contributed by atoms with Crippen LogP contribution in [0.5, 0.6) is 0 Å². The normalized spacial score (nSPS) is 24.0. The Bertz CT molecular complexity index is 970. The van der Waals surface area contributed by atoms with Crippen LogP contribution >= 0.6 is 0 Å². The van der Waals surface area contributed by atoms with Crippen LogP contribution in [0.4, 0.5) is 0 Å². The van der Waals surface area contributed by atoms with Crippen LogP contribution in [0.3, 0.4) is 0 Å². The van der Waals surface area contributed by atoms with Crippen LogP contribution in [0.2, 0.25) is 0 Å². The number of ether oxygens (including phenoxy) is 1. The van der Waals surface area contributed by atoms with Crippen molar-refractivity contribution in [3.05, 3.63) is 35.9 Å². The zero-order valence-corrected chi connectivity index (χ0v) is 22.9. The molecule has 5 amide bonds. The predicted octanol–water partition coefficient (Wildman–Crippen LogP) is 0.133. The average Bonchev–Trinajstić information content (AvgIpc) is 2.86. The van der Waals surface area contributed by atoms with Crippen molar-refractivity contribution in [3.63, 3.8) is 0 Å². The van der Waals surface area contributed by atoms with Crippen molar-refractivity contribution in [2.45, 2.75) is 71.1 Å². The molecular weight excluding hydrogens is 490 g/mol. The van der Waals surface area contributed by atoms with Gasteiger partial charge in [0.2, 0.25) is 29.5 Å². The summed E-state index contributed by atoms with van der Waals surface area (Å²) < 4.78 is 4.96. The molecule has 0 aliphatic carbocycles. The summed E-state index contributed by atoms with van der Waals surface area (Å²) in [6.07, 6.45) is 1.05. The minimum absolute atomic E-state index is 0.0560. The summed E-state index contributed by atoms with van der Waals surface area (Å²) >= 11 is 0. The van der Waals surface area contributed by atoms with Crippen LogP contribution in [-0.2, 0) is 35.1 Å². The average molecular weight is 532 g/mol. The molecule has 1 saturated heterocycles. The van der Waals surface area contributed by atoms with Crippen LogP contribution in [-0.4, -0.2) is 85.4 Å². The van der Waals surface area contributed by atoms with E-state index in [1.165, 1.54) is 18.9 Å². The van der Waals surface area contributed by atoms with Crippen molar-refractivity contribution >= 4 is 29.5 Å². The van der Waals surface area contributed by atoms with Crippen molar-refractivity contribution in [3.8, 4) is 0 Å². The second-order valence-electron chi connectivity index (χ2n) is 10.1. The van der Waals surface area contributed by atoms with E-state index in [9.17, 15) is 24.0 Å². The van der Waals surface area contributed by atoms with Crippen LogP contribution < -0.4 is 21.3 Å². The number of carbonyl (C=O) groups excluding carboxylic acids is 5. The summed E-state index contributed by atoms with van der Waals surface area (Å²) in [7, 11) is 1.38. The third-order valence-corrected chi connectivity index (χ3v) is 6.26. The number of hydrogen-bond acceptors (Lipinski definition) is 6. The molecule has 11 nitrogen and oxygen atoms in total. The Morgan fingerprint density at radius 2 is 1.61 bits per heavy atom. The third kappa shape index (κ3) is 9.77. The van der Waals surface area contributed by atoms with Gasteiger partial charge in [0, 0.05) is 26.1 Å². The minimum Gasteiger partial charge on any atom is -0.375 e. The second kappa shape index (κ2) is 15.1. The molecule has 1 aliphatic rings.